The standard InChI is InChI=1S/C8H3ClN2O3/c9-8(12)6-2-1-5(4-10)3-7(6)11(13)14/h1-3H. The zero-order valence-corrected chi connectivity index (χ0v) is 7.49. The highest BCUT2D eigenvalue weighted by molar-refractivity contribution is 6.68. The lowest BCUT2D eigenvalue weighted by atomic mass is 10.1. The minimum atomic E-state index is -0.916. The van der Waals surface area contributed by atoms with Crippen LogP contribution in [0, 0.1) is 21.4 Å². The summed E-state index contributed by atoms with van der Waals surface area (Å²) in [6.07, 6.45) is 0. The highest BCUT2D eigenvalue weighted by Gasteiger charge is 2.18. The van der Waals surface area contributed by atoms with Crippen LogP contribution in [0.15, 0.2) is 18.2 Å². The summed E-state index contributed by atoms with van der Waals surface area (Å²) in [4.78, 5) is 20.5. The van der Waals surface area contributed by atoms with Gasteiger partial charge in [-0.25, -0.2) is 0 Å². The van der Waals surface area contributed by atoms with Crippen molar-refractivity contribution in [2.75, 3.05) is 0 Å². The average Bonchev–Trinajstić information content (AvgIpc) is 2.16. The predicted octanol–water partition coefficient (Wildman–Crippen LogP) is 1.85. The fourth-order valence-corrected chi connectivity index (χ4v) is 1.08. The maximum atomic E-state index is 10.7. The minimum absolute atomic E-state index is 0.110. The van der Waals surface area contributed by atoms with Crippen LogP contribution in [-0.2, 0) is 0 Å². The maximum absolute atomic E-state index is 10.7. The van der Waals surface area contributed by atoms with Gasteiger partial charge in [-0.3, -0.25) is 14.9 Å². The molecule has 5 nitrogen and oxygen atoms in total. The summed E-state index contributed by atoms with van der Waals surface area (Å²) < 4.78 is 0. The minimum Gasteiger partial charge on any atom is -0.275 e. The Labute approximate surface area is 83.7 Å². The molecule has 1 aromatic rings. The van der Waals surface area contributed by atoms with Gasteiger partial charge < -0.3 is 0 Å². The van der Waals surface area contributed by atoms with E-state index in [4.69, 9.17) is 16.9 Å². The van der Waals surface area contributed by atoms with Gasteiger partial charge in [-0.1, -0.05) is 0 Å². The smallest absolute Gasteiger partial charge is 0.275 e. The van der Waals surface area contributed by atoms with E-state index in [2.05, 4.69) is 0 Å². The number of benzene rings is 1. The molecule has 0 amide bonds. The Morgan fingerprint density at radius 1 is 1.57 bits per heavy atom. The number of nitrogens with zero attached hydrogens (tertiary/aromatic N) is 2. The monoisotopic (exact) mass is 210 g/mol. The van der Waals surface area contributed by atoms with Gasteiger partial charge in [-0.05, 0) is 23.7 Å². The molecule has 0 N–H and O–H groups in total. The van der Waals surface area contributed by atoms with Gasteiger partial charge in [0.25, 0.3) is 10.9 Å². The molecule has 0 radical (unpaired) electrons. The van der Waals surface area contributed by atoms with Crippen molar-refractivity contribution in [2.45, 2.75) is 0 Å². The van der Waals surface area contributed by atoms with Crippen LogP contribution < -0.4 is 0 Å². The molecule has 0 aliphatic rings. The van der Waals surface area contributed by atoms with E-state index in [-0.39, 0.29) is 11.1 Å². The second kappa shape index (κ2) is 3.85. The number of carbonyl (C=O) groups excluding carboxylic acids is 1. The lowest BCUT2D eigenvalue weighted by Crippen LogP contribution is -1.98. The van der Waals surface area contributed by atoms with Crippen LogP contribution in [0.4, 0.5) is 5.69 Å². The summed E-state index contributed by atoms with van der Waals surface area (Å²) in [6, 6.07) is 5.19. The predicted molar refractivity (Wildman–Crippen MR) is 48.0 cm³/mol. The third-order valence-electron chi connectivity index (χ3n) is 1.54. The number of nitriles is 1. The second-order valence-corrected chi connectivity index (χ2v) is 2.72. The zero-order valence-electron chi connectivity index (χ0n) is 6.73. The molecule has 1 aromatic carbocycles. The van der Waals surface area contributed by atoms with Crippen molar-refractivity contribution >= 4 is 22.5 Å². The van der Waals surface area contributed by atoms with Crippen molar-refractivity contribution in [2.24, 2.45) is 0 Å². The number of hydrogen-bond donors (Lipinski definition) is 0. The molecule has 1 rings (SSSR count). The van der Waals surface area contributed by atoms with E-state index < -0.39 is 15.9 Å². The highest BCUT2D eigenvalue weighted by Crippen LogP contribution is 2.21. The van der Waals surface area contributed by atoms with Crippen LogP contribution in [0.5, 0.6) is 0 Å². The largest absolute Gasteiger partial charge is 0.282 e. The van der Waals surface area contributed by atoms with Crippen LogP contribution >= 0.6 is 11.6 Å². The molecule has 0 saturated carbocycles. The Bertz CT molecular complexity index is 450. The molecule has 0 unspecified atom stereocenters. The van der Waals surface area contributed by atoms with Crippen molar-refractivity contribution < 1.29 is 9.72 Å². The van der Waals surface area contributed by atoms with Gasteiger partial charge in [0.05, 0.1) is 16.6 Å². The molecule has 6 heteroatoms. The number of hydrogen-bond acceptors (Lipinski definition) is 4. The van der Waals surface area contributed by atoms with E-state index in [1.54, 1.807) is 6.07 Å². The van der Waals surface area contributed by atoms with Crippen molar-refractivity contribution in [3.63, 3.8) is 0 Å². The summed E-state index contributed by atoms with van der Waals surface area (Å²) in [7, 11) is 0. The van der Waals surface area contributed by atoms with E-state index >= 15 is 0 Å². The number of nitro groups is 1. The molecule has 0 heterocycles. The van der Waals surface area contributed by atoms with Crippen molar-refractivity contribution in [3.8, 4) is 6.07 Å². The lowest BCUT2D eigenvalue weighted by Gasteiger charge is -1.96. The Balaban J connectivity index is 3.40. The second-order valence-electron chi connectivity index (χ2n) is 2.37. The van der Waals surface area contributed by atoms with E-state index in [0.717, 1.165) is 12.1 Å². The summed E-state index contributed by atoms with van der Waals surface area (Å²) >= 11 is 5.12. The van der Waals surface area contributed by atoms with Crippen LogP contribution in [-0.4, -0.2) is 10.2 Å². The van der Waals surface area contributed by atoms with Crippen molar-refractivity contribution in [3.05, 3.63) is 39.4 Å². The summed E-state index contributed by atoms with van der Waals surface area (Å²) in [5, 5.41) is 18.0. The first-order valence-electron chi connectivity index (χ1n) is 3.44. The van der Waals surface area contributed by atoms with Gasteiger partial charge in [0.1, 0.15) is 5.56 Å². The molecule has 0 fully saturated rings. The van der Waals surface area contributed by atoms with Gasteiger partial charge in [-0.2, -0.15) is 5.26 Å². The lowest BCUT2D eigenvalue weighted by molar-refractivity contribution is -0.385. The van der Waals surface area contributed by atoms with Crippen LogP contribution in [0.1, 0.15) is 15.9 Å². The normalized spacial score (nSPS) is 9.14. The number of halogens is 1. The fourth-order valence-electron chi connectivity index (χ4n) is 0.918. The molecular weight excluding hydrogens is 208 g/mol. The molecule has 0 aliphatic heterocycles. The van der Waals surface area contributed by atoms with Crippen molar-refractivity contribution in [1.29, 1.82) is 5.26 Å². The van der Waals surface area contributed by atoms with Gasteiger partial charge in [0, 0.05) is 6.07 Å². The first-order valence-corrected chi connectivity index (χ1v) is 3.82. The molecule has 14 heavy (non-hydrogen) atoms. The first kappa shape index (κ1) is 10.2. The highest BCUT2D eigenvalue weighted by atomic mass is 35.5. The molecule has 0 saturated heterocycles. The third-order valence-corrected chi connectivity index (χ3v) is 1.74. The van der Waals surface area contributed by atoms with Gasteiger partial charge in [0.2, 0.25) is 0 Å². The summed E-state index contributed by atoms with van der Waals surface area (Å²) in [5.41, 5.74) is -0.557. The Morgan fingerprint density at radius 3 is 2.64 bits per heavy atom. The summed E-state index contributed by atoms with van der Waals surface area (Å²) in [6.45, 7) is 0. The molecule has 0 aliphatic carbocycles. The van der Waals surface area contributed by atoms with Gasteiger partial charge >= 0.3 is 0 Å². The van der Waals surface area contributed by atoms with Crippen LogP contribution in [0.2, 0.25) is 0 Å². The Hall–Kier alpha value is -1.93. The number of carbonyl (C=O) groups is 1. The quantitative estimate of drug-likeness (QED) is 0.424. The molecule has 0 atom stereocenters. The molecule has 0 aromatic heterocycles. The Morgan fingerprint density at radius 2 is 2.21 bits per heavy atom. The molecule has 0 spiro atoms. The van der Waals surface area contributed by atoms with E-state index in [1.807, 2.05) is 0 Å². The van der Waals surface area contributed by atoms with Gasteiger partial charge in [0.15, 0.2) is 0 Å². The maximum Gasteiger partial charge on any atom is 0.282 e. The Kier molecular flexibility index (Phi) is 2.79. The first-order chi connectivity index (χ1) is 6.56. The molecule has 0 bridgehead atoms. The zero-order chi connectivity index (χ0) is 10.7. The topological polar surface area (TPSA) is 84.0 Å². The SMILES string of the molecule is N#Cc1ccc(C(=O)Cl)c([N+](=O)[O-])c1. The number of nitro benzene ring substituents is 1. The van der Waals surface area contributed by atoms with E-state index in [0.29, 0.717) is 0 Å². The third kappa shape index (κ3) is 1.87. The van der Waals surface area contributed by atoms with Crippen LogP contribution in [0.25, 0.3) is 0 Å². The fraction of sp³-hybridized carbons (Fsp3) is 0. The van der Waals surface area contributed by atoms with Gasteiger partial charge in [-0.15, -0.1) is 0 Å². The molecule has 70 valence electrons. The van der Waals surface area contributed by atoms with E-state index in [9.17, 15) is 14.9 Å². The average molecular weight is 211 g/mol. The van der Waals surface area contributed by atoms with Crippen LogP contribution in [0.3, 0.4) is 0 Å². The van der Waals surface area contributed by atoms with E-state index in [1.165, 1.54) is 6.07 Å². The van der Waals surface area contributed by atoms with Crippen molar-refractivity contribution in [1.82, 2.24) is 0 Å². The number of rotatable bonds is 2. The molecular formula is C8H3ClN2O3. The summed E-state index contributed by atoms with van der Waals surface area (Å²) in [5.74, 6) is 0.